The lowest BCUT2D eigenvalue weighted by Crippen LogP contribution is -2.37. The van der Waals surface area contributed by atoms with Crippen molar-refractivity contribution in [3.63, 3.8) is 0 Å². The molecule has 2 aliphatic heterocycles. The number of carbonyl (C=O) groups is 2. The molecule has 3 atom stereocenters. The monoisotopic (exact) mass is 289 g/mol. The summed E-state index contributed by atoms with van der Waals surface area (Å²) in [5.74, 6) is -0.0825. The minimum atomic E-state index is -0.735. The molecule has 2 heterocycles. The lowest BCUT2D eigenvalue weighted by Gasteiger charge is -2.31. The first kappa shape index (κ1) is 14.2. The highest BCUT2D eigenvalue weighted by Crippen LogP contribution is 2.27. The summed E-state index contributed by atoms with van der Waals surface area (Å²) in [6.45, 7) is 2.40. The van der Waals surface area contributed by atoms with Crippen LogP contribution in [0.1, 0.15) is 46.9 Å². The van der Waals surface area contributed by atoms with Crippen LogP contribution in [0.4, 0.5) is 0 Å². The molecule has 0 spiro atoms. The number of aliphatic hydroxyl groups excluding tert-OH is 1. The number of benzene rings is 1. The van der Waals surface area contributed by atoms with E-state index >= 15 is 0 Å². The second-order valence-corrected chi connectivity index (χ2v) is 5.89. The third kappa shape index (κ3) is 2.71. The van der Waals surface area contributed by atoms with E-state index in [1.54, 1.807) is 24.3 Å². The Balaban J connectivity index is 1.64. The summed E-state index contributed by atoms with van der Waals surface area (Å²) >= 11 is 0. The molecule has 2 aliphatic rings. The van der Waals surface area contributed by atoms with Gasteiger partial charge in [0, 0.05) is 13.0 Å². The Bertz CT molecular complexity index is 526. The summed E-state index contributed by atoms with van der Waals surface area (Å²) in [4.78, 5) is 25.7. The van der Waals surface area contributed by atoms with Crippen molar-refractivity contribution in [3.8, 4) is 0 Å². The largest absolute Gasteiger partial charge is 0.368 e. The minimum Gasteiger partial charge on any atom is -0.368 e. The fourth-order valence-electron chi connectivity index (χ4n) is 3.12. The van der Waals surface area contributed by atoms with E-state index < -0.39 is 6.29 Å². The third-order valence-electron chi connectivity index (χ3n) is 4.17. The number of hydrogen-bond donors (Lipinski definition) is 1. The van der Waals surface area contributed by atoms with Crippen LogP contribution in [0, 0.1) is 5.92 Å². The Morgan fingerprint density at radius 3 is 2.38 bits per heavy atom. The topological polar surface area (TPSA) is 66.8 Å². The van der Waals surface area contributed by atoms with E-state index in [1.807, 2.05) is 0 Å². The number of hydrogen-bond acceptors (Lipinski definition) is 4. The molecular formula is C16H19NO4. The van der Waals surface area contributed by atoms with Crippen LogP contribution in [0.5, 0.6) is 0 Å². The van der Waals surface area contributed by atoms with Gasteiger partial charge in [0.2, 0.25) is 0 Å². The van der Waals surface area contributed by atoms with E-state index in [0.29, 0.717) is 36.4 Å². The molecule has 0 radical (unpaired) electrons. The number of amides is 2. The summed E-state index contributed by atoms with van der Waals surface area (Å²) in [5, 5.41) is 9.62. The first-order chi connectivity index (χ1) is 10.1. The van der Waals surface area contributed by atoms with E-state index in [0.717, 1.165) is 6.42 Å². The molecule has 2 amide bonds. The van der Waals surface area contributed by atoms with Crippen molar-refractivity contribution in [1.82, 2.24) is 4.90 Å². The zero-order valence-corrected chi connectivity index (χ0v) is 12.0. The number of imide groups is 1. The van der Waals surface area contributed by atoms with Crippen LogP contribution in [0.25, 0.3) is 0 Å². The van der Waals surface area contributed by atoms with Crippen LogP contribution in [0.3, 0.4) is 0 Å². The Morgan fingerprint density at radius 2 is 1.81 bits per heavy atom. The van der Waals surface area contributed by atoms with E-state index in [1.165, 1.54) is 4.90 Å². The molecule has 112 valence electrons. The molecule has 1 aromatic rings. The highest BCUT2D eigenvalue weighted by atomic mass is 16.6. The second-order valence-electron chi connectivity index (χ2n) is 5.89. The Morgan fingerprint density at radius 1 is 1.19 bits per heavy atom. The number of rotatable bonds is 3. The van der Waals surface area contributed by atoms with Gasteiger partial charge in [-0.15, -0.1) is 0 Å². The SMILES string of the molecule is C[C@H]1C[C@@H](CCN2C(=O)c3ccccc3C2=O)O[C@H](O)C1. The molecule has 0 aromatic heterocycles. The maximum absolute atomic E-state index is 12.2. The molecule has 0 aliphatic carbocycles. The van der Waals surface area contributed by atoms with Crippen LogP contribution in [-0.4, -0.2) is 40.8 Å². The predicted molar refractivity (Wildman–Crippen MR) is 75.7 cm³/mol. The second kappa shape index (κ2) is 5.58. The normalized spacial score (nSPS) is 28.9. The predicted octanol–water partition coefficient (Wildman–Crippen LogP) is 1.81. The number of carbonyl (C=O) groups excluding carboxylic acids is 2. The molecule has 1 N–H and O–H groups in total. The average molecular weight is 289 g/mol. The molecular weight excluding hydrogens is 270 g/mol. The molecule has 0 bridgehead atoms. The van der Waals surface area contributed by atoms with Crippen molar-refractivity contribution < 1.29 is 19.4 Å². The van der Waals surface area contributed by atoms with Crippen LogP contribution in [0.15, 0.2) is 24.3 Å². The van der Waals surface area contributed by atoms with Gasteiger partial charge in [0.1, 0.15) is 0 Å². The van der Waals surface area contributed by atoms with Gasteiger partial charge in [0.25, 0.3) is 11.8 Å². The lowest BCUT2D eigenvalue weighted by atomic mass is 9.95. The van der Waals surface area contributed by atoms with Gasteiger partial charge in [-0.3, -0.25) is 14.5 Å². The summed E-state index contributed by atoms with van der Waals surface area (Å²) in [7, 11) is 0. The molecule has 0 unspecified atom stereocenters. The number of fused-ring (bicyclic) bond motifs is 1. The molecule has 3 rings (SSSR count). The van der Waals surface area contributed by atoms with Crippen molar-refractivity contribution in [2.45, 2.75) is 38.6 Å². The van der Waals surface area contributed by atoms with Gasteiger partial charge in [0.15, 0.2) is 6.29 Å². The highest BCUT2D eigenvalue weighted by Gasteiger charge is 2.35. The fourth-order valence-corrected chi connectivity index (χ4v) is 3.12. The standard InChI is InChI=1S/C16H19NO4/c1-10-8-11(21-14(18)9-10)6-7-17-15(19)12-4-2-3-5-13(12)16(17)20/h2-5,10-11,14,18H,6-9H2,1H3/t10-,11+,14-/m0/s1. The first-order valence-corrected chi connectivity index (χ1v) is 7.35. The maximum Gasteiger partial charge on any atom is 0.261 e. The van der Waals surface area contributed by atoms with Crippen molar-refractivity contribution >= 4 is 11.8 Å². The highest BCUT2D eigenvalue weighted by molar-refractivity contribution is 6.21. The number of nitrogens with zero attached hydrogens (tertiary/aromatic N) is 1. The van der Waals surface area contributed by atoms with Gasteiger partial charge in [-0.2, -0.15) is 0 Å². The summed E-state index contributed by atoms with van der Waals surface area (Å²) in [5.41, 5.74) is 0.945. The van der Waals surface area contributed by atoms with Gasteiger partial charge in [-0.1, -0.05) is 19.1 Å². The molecule has 0 saturated carbocycles. The van der Waals surface area contributed by atoms with Gasteiger partial charge in [-0.05, 0) is 30.9 Å². The maximum atomic E-state index is 12.2. The zero-order valence-electron chi connectivity index (χ0n) is 12.0. The molecule has 5 heteroatoms. The minimum absolute atomic E-state index is 0.104. The fraction of sp³-hybridized carbons (Fsp3) is 0.500. The van der Waals surface area contributed by atoms with Crippen molar-refractivity contribution in [3.05, 3.63) is 35.4 Å². The summed E-state index contributed by atoms with van der Waals surface area (Å²) in [6.07, 6.45) is 1.21. The van der Waals surface area contributed by atoms with E-state index in [9.17, 15) is 14.7 Å². The van der Waals surface area contributed by atoms with Crippen molar-refractivity contribution in [2.75, 3.05) is 6.54 Å². The van der Waals surface area contributed by atoms with Crippen molar-refractivity contribution in [2.24, 2.45) is 5.92 Å². The molecule has 1 saturated heterocycles. The third-order valence-corrected chi connectivity index (χ3v) is 4.17. The van der Waals surface area contributed by atoms with Crippen LogP contribution in [-0.2, 0) is 4.74 Å². The van der Waals surface area contributed by atoms with E-state index in [4.69, 9.17) is 4.74 Å². The van der Waals surface area contributed by atoms with E-state index in [-0.39, 0.29) is 17.9 Å². The molecule has 1 fully saturated rings. The van der Waals surface area contributed by atoms with Crippen molar-refractivity contribution in [1.29, 1.82) is 0 Å². The van der Waals surface area contributed by atoms with Gasteiger partial charge >= 0.3 is 0 Å². The smallest absolute Gasteiger partial charge is 0.261 e. The Labute approximate surface area is 123 Å². The molecule has 5 nitrogen and oxygen atoms in total. The van der Waals surface area contributed by atoms with Gasteiger partial charge in [0.05, 0.1) is 17.2 Å². The first-order valence-electron chi connectivity index (χ1n) is 7.35. The molecule has 21 heavy (non-hydrogen) atoms. The summed E-state index contributed by atoms with van der Waals surface area (Å²) < 4.78 is 5.47. The van der Waals surface area contributed by atoms with Gasteiger partial charge in [-0.25, -0.2) is 0 Å². The summed E-state index contributed by atoms with van der Waals surface area (Å²) in [6, 6.07) is 6.88. The van der Waals surface area contributed by atoms with Crippen LogP contribution >= 0.6 is 0 Å². The number of ether oxygens (including phenoxy) is 1. The van der Waals surface area contributed by atoms with Crippen LogP contribution < -0.4 is 0 Å². The van der Waals surface area contributed by atoms with Gasteiger partial charge < -0.3 is 9.84 Å². The average Bonchev–Trinajstić information content (AvgIpc) is 2.69. The number of aliphatic hydroxyl groups is 1. The lowest BCUT2D eigenvalue weighted by molar-refractivity contribution is -0.176. The Kier molecular flexibility index (Phi) is 3.78. The zero-order chi connectivity index (χ0) is 15.0. The molecule has 1 aromatic carbocycles. The Hall–Kier alpha value is -1.72. The quantitative estimate of drug-likeness (QED) is 0.862. The van der Waals surface area contributed by atoms with Crippen LogP contribution in [0.2, 0.25) is 0 Å². The van der Waals surface area contributed by atoms with E-state index in [2.05, 4.69) is 6.92 Å².